The molecule has 1 atom stereocenters. The molecule has 1 saturated heterocycles. The van der Waals surface area contributed by atoms with Crippen LogP contribution < -0.4 is 10.5 Å². The van der Waals surface area contributed by atoms with Crippen LogP contribution in [0.5, 0.6) is 5.75 Å². The second kappa shape index (κ2) is 7.26. The highest BCUT2D eigenvalue weighted by atomic mass is 16.5. The first-order chi connectivity index (χ1) is 9.72. The highest BCUT2D eigenvalue weighted by molar-refractivity contribution is 5.78. The third-order valence-electron chi connectivity index (χ3n) is 3.48. The average molecular weight is 278 g/mol. The van der Waals surface area contributed by atoms with Crippen LogP contribution in [-0.2, 0) is 16.1 Å². The van der Waals surface area contributed by atoms with E-state index in [9.17, 15) is 4.79 Å². The van der Waals surface area contributed by atoms with Gasteiger partial charge in [-0.15, -0.1) is 0 Å². The van der Waals surface area contributed by atoms with Crippen LogP contribution in [0.15, 0.2) is 24.3 Å². The van der Waals surface area contributed by atoms with Gasteiger partial charge in [-0.1, -0.05) is 12.1 Å². The van der Waals surface area contributed by atoms with Crippen LogP contribution in [0, 0.1) is 0 Å². The van der Waals surface area contributed by atoms with Gasteiger partial charge in [0.2, 0.25) is 5.91 Å². The summed E-state index contributed by atoms with van der Waals surface area (Å²) in [5, 5.41) is 0. The maximum Gasteiger partial charge on any atom is 0.236 e. The number of benzene rings is 1. The van der Waals surface area contributed by atoms with E-state index in [0.717, 1.165) is 30.8 Å². The van der Waals surface area contributed by atoms with Crippen LogP contribution in [0.3, 0.4) is 0 Å². The number of ether oxygens (including phenoxy) is 2. The van der Waals surface area contributed by atoms with Gasteiger partial charge < -0.3 is 20.1 Å². The van der Waals surface area contributed by atoms with Gasteiger partial charge >= 0.3 is 0 Å². The van der Waals surface area contributed by atoms with Crippen LogP contribution in [0.25, 0.3) is 0 Å². The second-order valence-corrected chi connectivity index (χ2v) is 4.96. The number of rotatable bonds is 6. The van der Waals surface area contributed by atoms with Gasteiger partial charge in [-0.2, -0.15) is 0 Å². The number of carbonyl (C=O) groups is 1. The van der Waals surface area contributed by atoms with Crippen molar-refractivity contribution in [1.82, 2.24) is 4.90 Å². The van der Waals surface area contributed by atoms with E-state index in [-0.39, 0.29) is 18.6 Å². The predicted octanol–water partition coefficient (Wildman–Crippen LogP) is 1.16. The Labute approximate surface area is 119 Å². The summed E-state index contributed by atoms with van der Waals surface area (Å²) in [6.45, 7) is 1.95. The molecule has 1 aromatic carbocycles. The minimum Gasteiger partial charge on any atom is -0.497 e. The molecule has 1 aromatic rings. The Balaban J connectivity index is 2.03. The minimum atomic E-state index is -0.0525. The number of hydrogen-bond acceptors (Lipinski definition) is 4. The molecule has 0 aromatic heterocycles. The van der Waals surface area contributed by atoms with E-state index in [1.165, 1.54) is 0 Å². The fourth-order valence-corrected chi connectivity index (χ4v) is 2.41. The Hall–Kier alpha value is -1.59. The molecule has 20 heavy (non-hydrogen) atoms. The molecule has 2 N–H and O–H groups in total. The Kier molecular flexibility index (Phi) is 5.38. The SMILES string of the molecule is COc1cccc(CN(CC2CCCO2)C(=O)CN)c1. The highest BCUT2D eigenvalue weighted by Crippen LogP contribution is 2.17. The zero-order chi connectivity index (χ0) is 14.4. The van der Waals surface area contributed by atoms with Crippen molar-refractivity contribution >= 4 is 5.91 Å². The van der Waals surface area contributed by atoms with Crippen molar-refractivity contribution in [2.45, 2.75) is 25.5 Å². The van der Waals surface area contributed by atoms with Crippen molar-refractivity contribution in [2.24, 2.45) is 5.73 Å². The van der Waals surface area contributed by atoms with Gasteiger partial charge in [-0.25, -0.2) is 0 Å². The van der Waals surface area contributed by atoms with Crippen LogP contribution in [0.2, 0.25) is 0 Å². The molecule has 0 aliphatic carbocycles. The molecule has 0 saturated carbocycles. The summed E-state index contributed by atoms with van der Waals surface area (Å²) in [6, 6.07) is 7.73. The maximum absolute atomic E-state index is 12.0. The largest absolute Gasteiger partial charge is 0.497 e. The van der Waals surface area contributed by atoms with E-state index >= 15 is 0 Å². The third-order valence-corrected chi connectivity index (χ3v) is 3.48. The van der Waals surface area contributed by atoms with E-state index in [1.54, 1.807) is 12.0 Å². The van der Waals surface area contributed by atoms with E-state index in [4.69, 9.17) is 15.2 Å². The molecule has 2 rings (SSSR count). The van der Waals surface area contributed by atoms with Crippen molar-refractivity contribution in [3.05, 3.63) is 29.8 Å². The fourth-order valence-electron chi connectivity index (χ4n) is 2.41. The number of methoxy groups -OCH3 is 1. The van der Waals surface area contributed by atoms with E-state index in [0.29, 0.717) is 13.1 Å². The topological polar surface area (TPSA) is 64.8 Å². The molecular weight excluding hydrogens is 256 g/mol. The van der Waals surface area contributed by atoms with Crippen molar-refractivity contribution in [3.8, 4) is 5.75 Å². The summed E-state index contributed by atoms with van der Waals surface area (Å²) in [5.41, 5.74) is 6.53. The number of nitrogens with two attached hydrogens (primary N) is 1. The molecule has 1 aliphatic rings. The highest BCUT2D eigenvalue weighted by Gasteiger charge is 2.22. The molecule has 1 fully saturated rings. The number of carbonyl (C=O) groups excluding carboxylic acids is 1. The minimum absolute atomic E-state index is 0.0245. The van der Waals surface area contributed by atoms with Crippen molar-refractivity contribution in [2.75, 3.05) is 26.8 Å². The zero-order valence-corrected chi connectivity index (χ0v) is 11.9. The molecule has 0 spiro atoms. The summed E-state index contributed by atoms with van der Waals surface area (Å²) in [4.78, 5) is 13.7. The van der Waals surface area contributed by atoms with Gasteiger partial charge in [0.05, 0.1) is 19.8 Å². The van der Waals surface area contributed by atoms with Gasteiger partial charge in [0, 0.05) is 19.7 Å². The Bertz CT molecular complexity index is 444. The lowest BCUT2D eigenvalue weighted by molar-refractivity contribution is -0.131. The smallest absolute Gasteiger partial charge is 0.236 e. The summed E-state index contributed by atoms with van der Waals surface area (Å²) in [6.07, 6.45) is 2.21. The van der Waals surface area contributed by atoms with E-state index < -0.39 is 0 Å². The van der Waals surface area contributed by atoms with Crippen LogP contribution >= 0.6 is 0 Å². The number of amides is 1. The molecule has 0 bridgehead atoms. The third kappa shape index (κ3) is 3.95. The first-order valence-corrected chi connectivity index (χ1v) is 6.95. The van der Waals surface area contributed by atoms with Gasteiger partial charge in [0.25, 0.3) is 0 Å². The van der Waals surface area contributed by atoms with Gasteiger partial charge in [0.15, 0.2) is 0 Å². The molecule has 1 heterocycles. The predicted molar refractivity (Wildman–Crippen MR) is 76.4 cm³/mol. The average Bonchev–Trinajstić information content (AvgIpc) is 2.99. The van der Waals surface area contributed by atoms with Crippen molar-refractivity contribution < 1.29 is 14.3 Å². The first-order valence-electron chi connectivity index (χ1n) is 6.95. The standard InChI is InChI=1S/C15H22N2O3/c1-19-13-5-2-4-12(8-13)10-17(15(18)9-16)11-14-6-3-7-20-14/h2,4-5,8,14H,3,6-7,9-11,16H2,1H3. The van der Waals surface area contributed by atoms with E-state index in [2.05, 4.69) is 0 Å². The number of nitrogens with zero attached hydrogens (tertiary/aromatic N) is 1. The Morgan fingerprint density at radius 2 is 2.40 bits per heavy atom. The lowest BCUT2D eigenvalue weighted by atomic mass is 10.1. The fraction of sp³-hybridized carbons (Fsp3) is 0.533. The Morgan fingerprint density at radius 3 is 3.05 bits per heavy atom. The molecule has 1 unspecified atom stereocenters. The monoisotopic (exact) mass is 278 g/mol. The van der Waals surface area contributed by atoms with Gasteiger partial charge in [-0.3, -0.25) is 4.79 Å². The second-order valence-electron chi connectivity index (χ2n) is 4.96. The van der Waals surface area contributed by atoms with Crippen molar-refractivity contribution in [1.29, 1.82) is 0 Å². The molecule has 1 amide bonds. The molecule has 5 heteroatoms. The van der Waals surface area contributed by atoms with Gasteiger partial charge in [-0.05, 0) is 30.5 Å². The van der Waals surface area contributed by atoms with Crippen LogP contribution in [0.1, 0.15) is 18.4 Å². The Morgan fingerprint density at radius 1 is 1.55 bits per heavy atom. The lowest BCUT2D eigenvalue weighted by Gasteiger charge is -2.25. The zero-order valence-electron chi connectivity index (χ0n) is 11.9. The molecular formula is C15H22N2O3. The number of hydrogen-bond donors (Lipinski definition) is 1. The maximum atomic E-state index is 12.0. The molecule has 0 radical (unpaired) electrons. The summed E-state index contributed by atoms with van der Waals surface area (Å²) >= 11 is 0. The molecule has 5 nitrogen and oxygen atoms in total. The van der Waals surface area contributed by atoms with Gasteiger partial charge in [0.1, 0.15) is 5.75 Å². The quantitative estimate of drug-likeness (QED) is 0.848. The van der Waals surface area contributed by atoms with Crippen LogP contribution in [-0.4, -0.2) is 43.7 Å². The summed E-state index contributed by atoms with van der Waals surface area (Å²) < 4.78 is 10.8. The van der Waals surface area contributed by atoms with E-state index in [1.807, 2.05) is 24.3 Å². The lowest BCUT2D eigenvalue weighted by Crippen LogP contribution is -2.40. The van der Waals surface area contributed by atoms with Crippen molar-refractivity contribution in [3.63, 3.8) is 0 Å². The molecule has 1 aliphatic heterocycles. The normalized spacial score (nSPS) is 18.0. The summed E-state index contributed by atoms with van der Waals surface area (Å²) in [5.74, 6) is 0.739. The summed E-state index contributed by atoms with van der Waals surface area (Å²) in [7, 11) is 1.63. The first kappa shape index (κ1) is 14.8. The van der Waals surface area contributed by atoms with Crippen LogP contribution in [0.4, 0.5) is 0 Å². The molecule has 110 valence electrons.